The Hall–Kier alpha value is -2.14. The van der Waals surface area contributed by atoms with Crippen LogP contribution in [0.5, 0.6) is 11.6 Å². The molecule has 2 heterocycles. The minimum Gasteiger partial charge on any atom is -0.437 e. The fourth-order valence-electron chi connectivity index (χ4n) is 1.64. The monoisotopic (exact) mass is 257 g/mol. The number of fused-ring (bicyclic) bond motifs is 1. The van der Waals surface area contributed by atoms with Gasteiger partial charge >= 0.3 is 0 Å². The van der Waals surface area contributed by atoms with Crippen LogP contribution in [0.15, 0.2) is 42.0 Å². The second kappa shape index (κ2) is 4.62. The quantitative estimate of drug-likeness (QED) is 0.779. The summed E-state index contributed by atoms with van der Waals surface area (Å²) in [5.74, 6) is 1.37. The number of benzene rings is 1. The Morgan fingerprint density at radius 2 is 1.94 bits per heavy atom. The number of nitrogens with zero attached hydrogens (tertiary/aromatic N) is 2. The van der Waals surface area contributed by atoms with Crippen molar-refractivity contribution >= 4 is 27.2 Å². The van der Waals surface area contributed by atoms with E-state index in [1.807, 2.05) is 42.8 Å². The summed E-state index contributed by atoms with van der Waals surface area (Å²) in [5.41, 5.74) is 1.96. The first kappa shape index (κ1) is 11.0. The molecule has 90 valence electrons. The molecule has 5 heteroatoms. The van der Waals surface area contributed by atoms with Gasteiger partial charge in [0.1, 0.15) is 16.8 Å². The van der Waals surface area contributed by atoms with E-state index in [2.05, 4.69) is 15.3 Å². The summed E-state index contributed by atoms with van der Waals surface area (Å²) in [6, 6.07) is 9.70. The van der Waals surface area contributed by atoms with Gasteiger partial charge in [-0.3, -0.25) is 0 Å². The number of aromatic nitrogens is 2. The van der Waals surface area contributed by atoms with Crippen LogP contribution in [0.3, 0.4) is 0 Å². The van der Waals surface area contributed by atoms with Crippen molar-refractivity contribution in [1.29, 1.82) is 0 Å². The molecule has 0 amide bonds. The Morgan fingerprint density at radius 1 is 1.11 bits per heavy atom. The van der Waals surface area contributed by atoms with Crippen LogP contribution in [-0.2, 0) is 0 Å². The Balaban J connectivity index is 1.93. The molecule has 2 aromatic heterocycles. The first-order valence-corrected chi connectivity index (χ1v) is 6.38. The summed E-state index contributed by atoms with van der Waals surface area (Å²) in [6.07, 6.45) is 1.52. The van der Waals surface area contributed by atoms with Gasteiger partial charge in [-0.15, -0.1) is 11.3 Å². The van der Waals surface area contributed by atoms with Gasteiger partial charge in [-0.05, 0) is 35.7 Å². The smallest absolute Gasteiger partial charge is 0.240 e. The summed E-state index contributed by atoms with van der Waals surface area (Å²) >= 11 is 1.58. The van der Waals surface area contributed by atoms with Gasteiger partial charge in [0.25, 0.3) is 0 Å². The Labute approximate surface area is 108 Å². The molecule has 3 rings (SSSR count). The highest BCUT2D eigenvalue weighted by Crippen LogP contribution is 2.30. The lowest BCUT2D eigenvalue weighted by molar-refractivity contribution is 0.469. The Morgan fingerprint density at radius 3 is 2.72 bits per heavy atom. The molecule has 1 N–H and O–H groups in total. The predicted molar refractivity (Wildman–Crippen MR) is 73.5 cm³/mol. The van der Waals surface area contributed by atoms with Gasteiger partial charge in [0.2, 0.25) is 5.88 Å². The zero-order valence-corrected chi connectivity index (χ0v) is 10.6. The average Bonchev–Trinajstić information content (AvgIpc) is 2.89. The lowest BCUT2D eigenvalue weighted by Gasteiger charge is -2.06. The maximum absolute atomic E-state index is 5.78. The van der Waals surface area contributed by atoms with Crippen molar-refractivity contribution < 1.29 is 4.74 Å². The lowest BCUT2D eigenvalue weighted by Crippen LogP contribution is -1.90. The molecule has 0 aliphatic heterocycles. The van der Waals surface area contributed by atoms with Crippen LogP contribution in [0.2, 0.25) is 0 Å². The third kappa shape index (κ3) is 2.00. The van der Waals surface area contributed by atoms with Gasteiger partial charge in [0, 0.05) is 12.7 Å². The van der Waals surface area contributed by atoms with Crippen molar-refractivity contribution in [3.05, 3.63) is 42.0 Å². The zero-order chi connectivity index (χ0) is 12.4. The maximum atomic E-state index is 5.78. The second-order valence-electron chi connectivity index (χ2n) is 3.69. The number of anilines is 1. The molecule has 0 atom stereocenters. The van der Waals surface area contributed by atoms with Gasteiger partial charge in [0.05, 0.1) is 5.52 Å². The van der Waals surface area contributed by atoms with Crippen LogP contribution in [0, 0.1) is 0 Å². The van der Waals surface area contributed by atoms with E-state index in [1.54, 1.807) is 11.3 Å². The summed E-state index contributed by atoms with van der Waals surface area (Å²) < 4.78 is 6.75. The third-order valence-electron chi connectivity index (χ3n) is 2.57. The highest BCUT2D eigenvalue weighted by atomic mass is 32.1. The van der Waals surface area contributed by atoms with E-state index in [4.69, 9.17) is 4.74 Å². The number of hydrogen-bond acceptors (Lipinski definition) is 5. The second-order valence-corrected chi connectivity index (χ2v) is 4.61. The minimum absolute atomic E-state index is 0.604. The fraction of sp³-hybridized carbons (Fsp3) is 0.0769. The van der Waals surface area contributed by atoms with Crippen LogP contribution in [0.1, 0.15) is 0 Å². The van der Waals surface area contributed by atoms with Crippen molar-refractivity contribution in [3.8, 4) is 11.6 Å². The summed E-state index contributed by atoms with van der Waals surface area (Å²) in [7, 11) is 1.88. The molecule has 0 radical (unpaired) electrons. The molecule has 0 saturated carbocycles. The van der Waals surface area contributed by atoms with E-state index in [-0.39, 0.29) is 0 Å². The molecule has 0 fully saturated rings. The Kier molecular flexibility index (Phi) is 2.82. The molecular weight excluding hydrogens is 246 g/mol. The van der Waals surface area contributed by atoms with E-state index >= 15 is 0 Å². The molecule has 0 bridgehead atoms. The molecule has 1 aromatic carbocycles. The van der Waals surface area contributed by atoms with Crippen LogP contribution in [0.4, 0.5) is 5.69 Å². The normalized spacial score (nSPS) is 10.5. The van der Waals surface area contributed by atoms with Gasteiger partial charge in [-0.25, -0.2) is 9.97 Å². The molecule has 0 unspecified atom stereocenters. The van der Waals surface area contributed by atoms with E-state index in [1.165, 1.54) is 6.33 Å². The van der Waals surface area contributed by atoms with Gasteiger partial charge in [-0.2, -0.15) is 0 Å². The number of nitrogens with one attached hydrogen (secondary N) is 1. The molecule has 0 spiro atoms. The highest BCUT2D eigenvalue weighted by Gasteiger charge is 2.07. The molecule has 18 heavy (non-hydrogen) atoms. The predicted octanol–water partition coefficient (Wildman–Crippen LogP) is 3.53. The molecule has 0 aliphatic rings. The van der Waals surface area contributed by atoms with Crippen molar-refractivity contribution in [3.63, 3.8) is 0 Å². The largest absolute Gasteiger partial charge is 0.437 e. The third-order valence-corrected chi connectivity index (χ3v) is 3.46. The SMILES string of the molecule is CNc1ccc(Oc2ncnc3ccsc23)cc1. The average molecular weight is 257 g/mol. The number of thiophene rings is 1. The van der Waals surface area contributed by atoms with E-state index in [9.17, 15) is 0 Å². The van der Waals surface area contributed by atoms with E-state index < -0.39 is 0 Å². The summed E-state index contributed by atoms with van der Waals surface area (Å²) in [6.45, 7) is 0. The van der Waals surface area contributed by atoms with Crippen molar-refractivity contribution in [2.75, 3.05) is 12.4 Å². The standard InChI is InChI=1S/C13H11N3OS/c1-14-9-2-4-10(5-3-9)17-13-12-11(6-7-18-12)15-8-16-13/h2-8,14H,1H3. The molecular formula is C13H11N3OS. The van der Waals surface area contributed by atoms with Crippen LogP contribution in [-0.4, -0.2) is 17.0 Å². The van der Waals surface area contributed by atoms with Crippen molar-refractivity contribution in [1.82, 2.24) is 9.97 Å². The minimum atomic E-state index is 0.604. The number of hydrogen-bond donors (Lipinski definition) is 1. The summed E-state index contributed by atoms with van der Waals surface area (Å²) in [5, 5.41) is 5.05. The van der Waals surface area contributed by atoms with Gasteiger partial charge < -0.3 is 10.1 Å². The zero-order valence-electron chi connectivity index (χ0n) is 9.75. The van der Waals surface area contributed by atoms with Gasteiger partial charge in [0.15, 0.2) is 0 Å². The van der Waals surface area contributed by atoms with Crippen LogP contribution in [0.25, 0.3) is 10.2 Å². The summed E-state index contributed by atoms with van der Waals surface area (Å²) in [4.78, 5) is 8.36. The van der Waals surface area contributed by atoms with Crippen LogP contribution >= 0.6 is 11.3 Å². The van der Waals surface area contributed by atoms with Crippen molar-refractivity contribution in [2.24, 2.45) is 0 Å². The number of ether oxygens (including phenoxy) is 1. The molecule has 4 nitrogen and oxygen atoms in total. The fourth-order valence-corrected chi connectivity index (χ4v) is 2.41. The van der Waals surface area contributed by atoms with Crippen molar-refractivity contribution in [2.45, 2.75) is 0 Å². The van der Waals surface area contributed by atoms with Crippen LogP contribution < -0.4 is 10.1 Å². The molecule has 0 saturated heterocycles. The van der Waals surface area contributed by atoms with E-state index in [0.717, 1.165) is 21.7 Å². The van der Waals surface area contributed by atoms with E-state index in [0.29, 0.717) is 5.88 Å². The number of rotatable bonds is 3. The lowest BCUT2D eigenvalue weighted by atomic mass is 10.3. The van der Waals surface area contributed by atoms with Gasteiger partial charge in [-0.1, -0.05) is 0 Å². The highest BCUT2D eigenvalue weighted by molar-refractivity contribution is 7.17. The topological polar surface area (TPSA) is 47.0 Å². The first-order chi connectivity index (χ1) is 8.86. The molecule has 3 aromatic rings. The Bertz CT molecular complexity index is 663. The molecule has 0 aliphatic carbocycles. The first-order valence-electron chi connectivity index (χ1n) is 5.51. The maximum Gasteiger partial charge on any atom is 0.240 e.